The number of aryl methyl sites for hydroxylation is 1. The average molecular weight is 476 g/mol. The quantitative estimate of drug-likeness (QED) is 0.272. The van der Waals surface area contributed by atoms with Gasteiger partial charge in [-0.15, -0.1) is 0 Å². The van der Waals surface area contributed by atoms with Crippen LogP contribution in [0.1, 0.15) is 42.3 Å². The Morgan fingerprint density at radius 3 is 2.51 bits per heavy atom. The zero-order valence-corrected chi connectivity index (χ0v) is 20.3. The van der Waals surface area contributed by atoms with Crippen molar-refractivity contribution < 1.29 is 28.6 Å². The predicted octanol–water partition coefficient (Wildman–Crippen LogP) is 5.25. The summed E-state index contributed by atoms with van der Waals surface area (Å²) in [4.78, 5) is 27.8. The predicted molar refractivity (Wildman–Crippen MR) is 131 cm³/mol. The number of amides is 1. The van der Waals surface area contributed by atoms with Crippen LogP contribution in [-0.2, 0) is 16.1 Å². The van der Waals surface area contributed by atoms with E-state index in [1.807, 2.05) is 6.92 Å². The number of Topliss-reactive ketones (excluding diaryl/α,β-unsaturated/α-hetero) is 1. The lowest BCUT2D eigenvalue weighted by Gasteiger charge is -2.26. The Morgan fingerprint density at radius 1 is 1.09 bits per heavy atom. The van der Waals surface area contributed by atoms with Crippen molar-refractivity contribution >= 4 is 17.4 Å². The van der Waals surface area contributed by atoms with Gasteiger partial charge in [0.2, 0.25) is 0 Å². The Balaban J connectivity index is 1.82. The molecule has 0 aliphatic carbocycles. The molecule has 7 nitrogen and oxygen atoms in total. The Bertz CT molecular complexity index is 1260. The van der Waals surface area contributed by atoms with Gasteiger partial charge in [0.05, 0.1) is 38.1 Å². The number of likely N-dealkylation sites (tertiary alicyclic amines) is 1. The van der Waals surface area contributed by atoms with Crippen LogP contribution >= 0.6 is 0 Å². The smallest absolute Gasteiger partial charge is 0.296 e. The normalized spacial score (nSPS) is 17.3. The van der Waals surface area contributed by atoms with Crippen molar-refractivity contribution in [3.63, 3.8) is 0 Å². The van der Waals surface area contributed by atoms with Gasteiger partial charge in [0.15, 0.2) is 0 Å². The van der Waals surface area contributed by atoms with Gasteiger partial charge in [0.1, 0.15) is 23.0 Å². The van der Waals surface area contributed by atoms with Crippen molar-refractivity contribution in [2.24, 2.45) is 5.92 Å². The molecule has 2 aromatic carbocycles. The number of hydrogen-bond donors (Lipinski definition) is 1. The van der Waals surface area contributed by atoms with Gasteiger partial charge in [-0.3, -0.25) is 9.59 Å². The van der Waals surface area contributed by atoms with Gasteiger partial charge in [-0.05, 0) is 54.8 Å². The first-order valence-electron chi connectivity index (χ1n) is 11.5. The summed E-state index contributed by atoms with van der Waals surface area (Å²) < 4.78 is 16.8. The number of para-hydroxylation sites is 1. The van der Waals surface area contributed by atoms with E-state index in [1.165, 1.54) is 18.3 Å². The number of furan rings is 1. The third-order valence-corrected chi connectivity index (χ3v) is 5.90. The molecule has 0 saturated carbocycles. The molecule has 1 aliphatic rings. The number of aliphatic hydroxyl groups is 1. The van der Waals surface area contributed by atoms with Crippen molar-refractivity contribution in [1.29, 1.82) is 0 Å². The zero-order chi connectivity index (χ0) is 25.1. The number of ether oxygens (including phenoxy) is 2. The monoisotopic (exact) mass is 475 g/mol. The molecule has 0 spiro atoms. The van der Waals surface area contributed by atoms with E-state index in [9.17, 15) is 14.7 Å². The minimum Gasteiger partial charge on any atom is -0.507 e. The Morgan fingerprint density at radius 2 is 1.86 bits per heavy atom. The summed E-state index contributed by atoms with van der Waals surface area (Å²) >= 11 is 0. The van der Waals surface area contributed by atoms with Gasteiger partial charge in [-0.1, -0.05) is 32.0 Å². The molecule has 1 unspecified atom stereocenters. The van der Waals surface area contributed by atoms with Gasteiger partial charge in [0.25, 0.3) is 11.7 Å². The molecule has 1 saturated heterocycles. The lowest BCUT2D eigenvalue weighted by Crippen LogP contribution is -2.29. The van der Waals surface area contributed by atoms with Crippen LogP contribution in [-0.4, -0.2) is 35.4 Å². The first-order valence-corrected chi connectivity index (χ1v) is 11.5. The fraction of sp³-hybridized carbons (Fsp3) is 0.286. The molecule has 1 fully saturated rings. The molecule has 35 heavy (non-hydrogen) atoms. The fourth-order valence-corrected chi connectivity index (χ4v) is 4.20. The molecule has 1 atom stereocenters. The van der Waals surface area contributed by atoms with E-state index < -0.39 is 17.7 Å². The minimum absolute atomic E-state index is 0.00121. The number of nitrogens with zero attached hydrogens (tertiary/aromatic N) is 1. The Kier molecular flexibility index (Phi) is 6.96. The average Bonchev–Trinajstić information content (AvgIpc) is 3.45. The van der Waals surface area contributed by atoms with Crippen molar-refractivity contribution in [2.75, 3.05) is 13.7 Å². The second-order valence-electron chi connectivity index (χ2n) is 8.93. The maximum Gasteiger partial charge on any atom is 0.296 e. The van der Waals surface area contributed by atoms with E-state index in [0.29, 0.717) is 40.9 Å². The van der Waals surface area contributed by atoms with Gasteiger partial charge in [0, 0.05) is 11.1 Å². The second-order valence-corrected chi connectivity index (χ2v) is 8.93. The van der Waals surface area contributed by atoms with Gasteiger partial charge in [-0.2, -0.15) is 0 Å². The fourth-order valence-electron chi connectivity index (χ4n) is 4.20. The number of methoxy groups -OCH3 is 1. The van der Waals surface area contributed by atoms with E-state index >= 15 is 0 Å². The molecular weight excluding hydrogens is 446 g/mol. The van der Waals surface area contributed by atoms with Crippen molar-refractivity contribution in [3.8, 4) is 11.5 Å². The summed E-state index contributed by atoms with van der Waals surface area (Å²) in [6, 6.07) is 15.0. The summed E-state index contributed by atoms with van der Waals surface area (Å²) in [5, 5.41) is 11.4. The molecule has 4 rings (SSSR count). The molecular formula is C28H29NO6. The van der Waals surface area contributed by atoms with Crippen molar-refractivity contribution in [2.45, 2.75) is 33.4 Å². The Hall–Kier alpha value is -4.00. The van der Waals surface area contributed by atoms with Crippen LogP contribution in [0.3, 0.4) is 0 Å². The third-order valence-electron chi connectivity index (χ3n) is 5.90. The molecule has 1 N–H and O–H groups in total. The molecule has 1 amide bonds. The number of carbonyl (C=O) groups excluding carboxylic acids is 2. The molecule has 0 bridgehead atoms. The van der Waals surface area contributed by atoms with Gasteiger partial charge >= 0.3 is 0 Å². The summed E-state index contributed by atoms with van der Waals surface area (Å²) in [5.74, 6) is 0.371. The number of benzene rings is 2. The number of aliphatic hydroxyl groups excluding tert-OH is 1. The molecule has 1 aromatic heterocycles. The van der Waals surface area contributed by atoms with Crippen LogP contribution in [0, 0.1) is 12.8 Å². The Labute approximate surface area is 204 Å². The van der Waals surface area contributed by atoms with Crippen LogP contribution in [0.4, 0.5) is 0 Å². The van der Waals surface area contributed by atoms with Crippen LogP contribution in [0.25, 0.3) is 5.76 Å². The third kappa shape index (κ3) is 4.80. The lowest BCUT2D eigenvalue weighted by molar-refractivity contribution is -0.140. The van der Waals surface area contributed by atoms with Crippen molar-refractivity contribution in [1.82, 2.24) is 4.90 Å². The molecule has 2 heterocycles. The molecule has 3 aromatic rings. The SMILES string of the molecule is COc1ccccc1C1/C(=C(\O)c2ccc(OCC(C)C)c(C)c2)C(=O)C(=O)N1Cc1ccco1. The molecule has 7 heteroatoms. The van der Waals surface area contributed by atoms with E-state index in [4.69, 9.17) is 13.9 Å². The first-order chi connectivity index (χ1) is 16.8. The molecule has 182 valence electrons. The van der Waals surface area contributed by atoms with E-state index in [1.54, 1.807) is 54.6 Å². The number of ketones is 1. The van der Waals surface area contributed by atoms with E-state index in [-0.39, 0.29) is 17.9 Å². The van der Waals surface area contributed by atoms with Crippen LogP contribution in [0.5, 0.6) is 11.5 Å². The summed E-state index contributed by atoms with van der Waals surface area (Å²) in [6.45, 7) is 6.64. The first kappa shape index (κ1) is 24.1. The largest absolute Gasteiger partial charge is 0.507 e. The highest BCUT2D eigenvalue weighted by atomic mass is 16.5. The molecule has 0 radical (unpaired) electrons. The van der Waals surface area contributed by atoms with E-state index in [0.717, 1.165) is 5.56 Å². The lowest BCUT2D eigenvalue weighted by atomic mass is 9.94. The van der Waals surface area contributed by atoms with Crippen LogP contribution in [0.15, 0.2) is 70.9 Å². The molecule has 1 aliphatic heterocycles. The number of carbonyl (C=O) groups is 2. The number of hydrogen-bond acceptors (Lipinski definition) is 6. The standard InChI is InChI=1S/C28H29NO6/c1-17(2)16-35-22-12-11-19(14-18(22)3)26(30)24-25(21-9-5-6-10-23(21)33-4)29(28(32)27(24)31)15-20-8-7-13-34-20/h5-14,17,25,30H,15-16H2,1-4H3/b26-24+. The summed E-state index contributed by atoms with van der Waals surface area (Å²) in [5.41, 5.74) is 1.83. The summed E-state index contributed by atoms with van der Waals surface area (Å²) in [7, 11) is 1.52. The maximum absolute atomic E-state index is 13.3. The van der Waals surface area contributed by atoms with Gasteiger partial charge < -0.3 is 23.9 Å². The van der Waals surface area contributed by atoms with Crippen LogP contribution < -0.4 is 9.47 Å². The minimum atomic E-state index is -0.853. The topological polar surface area (TPSA) is 89.2 Å². The number of rotatable bonds is 8. The van der Waals surface area contributed by atoms with Gasteiger partial charge in [-0.25, -0.2) is 0 Å². The zero-order valence-electron chi connectivity index (χ0n) is 20.3. The van der Waals surface area contributed by atoms with Crippen LogP contribution in [0.2, 0.25) is 0 Å². The highest BCUT2D eigenvalue weighted by Crippen LogP contribution is 2.43. The second kappa shape index (κ2) is 10.1. The maximum atomic E-state index is 13.3. The van der Waals surface area contributed by atoms with E-state index in [2.05, 4.69) is 13.8 Å². The van der Waals surface area contributed by atoms with Crippen molar-refractivity contribution in [3.05, 3.63) is 88.9 Å². The highest BCUT2D eigenvalue weighted by molar-refractivity contribution is 6.46. The summed E-state index contributed by atoms with van der Waals surface area (Å²) in [6.07, 6.45) is 1.51. The highest BCUT2D eigenvalue weighted by Gasteiger charge is 2.47.